The third kappa shape index (κ3) is 5.23. The molecular formula is C11H18N2O2S. The van der Waals surface area contributed by atoms with Crippen LogP contribution in [0.25, 0.3) is 0 Å². The number of nitrogens with zero attached hydrogens (tertiary/aromatic N) is 1. The van der Waals surface area contributed by atoms with Gasteiger partial charge in [0.2, 0.25) is 10.0 Å². The number of nitrogens with one attached hydrogen (secondary N) is 1. The van der Waals surface area contributed by atoms with Crippen molar-refractivity contribution < 1.29 is 8.42 Å². The molecule has 0 radical (unpaired) electrons. The van der Waals surface area contributed by atoms with E-state index in [1.165, 1.54) is 0 Å². The van der Waals surface area contributed by atoms with Crippen LogP contribution in [0.4, 0.5) is 0 Å². The minimum absolute atomic E-state index is 0.0707. The van der Waals surface area contributed by atoms with Crippen LogP contribution < -0.4 is 4.72 Å². The summed E-state index contributed by atoms with van der Waals surface area (Å²) in [5, 5.41) is 0. The molecule has 0 fully saturated rings. The van der Waals surface area contributed by atoms with Crippen molar-refractivity contribution in [3.05, 3.63) is 30.1 Å². The number of sulfonamides is 1. The van der Waals surface area contributed by atoms with Crippen molar-refractivity contribution >= 4 is 10.0 Å². The fourth-order valence-corrected chi connectivity index (χ4v) is 2.82. The zero-order valence-corrected chi connectivity index (χ0v) is 10.7. The second-order valence-electron chi connectivity index (χ2n) is 4.74. The van der Waals surface area contributed by atoms with Crippen LogP contribution in [-0.2, 0) is 16.4 Å². The van der Waals surface area contributed by atoms with E-state index in [9.17, 15) is 8.42 Å². The van der Waals surface area contributed by atoms with Crippen LogP contribution in [0.3, 0.4) is 0 Å². The van der Waals surface area contributed by atoms with Gasteiger partial charge in [-0.15, -0.1) is 0 Å². The number of pyridine rings is 1. The van der Waals surface area contributed by atoms with Crippen molar-refractivity contribution in [2.45, 2.75) is 32.7 Å². The van der Waals surface area contributed by atoms with Crippen LogP contribution in [0.15, 0.2) is 24.4 Å². The topological polar surface area (TPSA) is 59.1 Å². The molecule has 1 heterocycles. The average molecular weight is 242 g/mol. The van der Waals surface area contributed by atoms with E-state index in [4.69, 9.17) is 0 Å². The fourth-order valence-electron chi connectivity index (χ4n) is 1.30. The summed E-state index contributed by atoms with van der Waals surface area (Å²) in [7, 11) is -3.23. The highest BCUT2D eigenvalue weighted by atomic mass is 32.2. The van der Waals surface area contributed by atoms with Crippen LogP contribution >= 0.6 is 0 Å². The predicted octanol–water partition coefficient (Wildman–Crippen LogP) is 1.34. The fraction of sp³-hybridized carbons (Fsp3) is 0.545. The molecule has 1 rings (SSSR count). The van der Waals surface area contributed by atoms with Gasteiger partial charge in [0.1, 0.15) is 0 Å². The van der Waals surface area contributed by atoms with Gasteiger partial charge in [-0.1, -0.05) is 6.07 Å². The van der Waals surface area contributed by atoms with Crippen LogP contribution in [0.1, 0.15) is 26.5 Å². The molecule has 0 saturated heterocycles. The quantitative estimate of drug-likeness (QED) is 0.867. The minimum Gasteiger partial charge on any atom is -0.261 e. The molecule has 16 heavy (non-hydrogen) atoms. The summed E-state index contributed by atoms with van der Waals surface area (Å²) < 4.78 is 26.0. The molecule has 1 aromatic rings. The summed E-state index contributed by atoms with van der Waals surface area (Å²) in [6.45, 7) is 5.47. The number of aryl methyl sites for hydroxylation is 1. The summed E-state index contributed by atoms with van der Waals surface area (Å²) >= 11 is 0. The molecule has 5 heteroatoms. The van der Waals surface area contributed by atoms with E-state index in [2.05, 4.69) is 9.71 Å². The highest BCUT2D eigenvalue weighted by Gasteiger charge is 2.19. The van der Waals surface area contributed by atoms with Gasteiger partial charge in [-0.05, 0) is 32.9 Å². The van der Waals surface area contributed by atoms with Crippen molar-refractivity contribution in [2.75, 3.05) is 5.75 Å². The second-order valence-corrected chi connectivity index (χ2v) is 6.58. The number of rotatable bonds is 4. The van der Waals surface area contributed by atoms with E-state index < -0.39 is 15.6 Å². The first-order chi connectivity index (χ1) is 7.29. The highest BCUT2D eigenvalue weighted by Crippen LogP contribution is 2.04. The third-order valence-corrected chi connectivity index (χ3v) is 3.48. The Kier molecular flexibility index (Phi) is 4.04. The van der Waals surface area contributed by atoms with Crippen molar-refractivity contribution in [3.8, 4) is 0 Å². The normalized spacial score (nSPS) is 12.7. The molecule has 0 amide bonds. The molecule has 0 aliphatic heterocycles. The maximum absolute atomic E-state index is 11.7. The predicted molar refractivity (Wildman–Crippen MR) is 64.6 cm³/mol. The Hall–Kier alpha value is -0.940. The van der Waals surface area contributed by atoms with Gasteiger partial charge in [-0.25, -0.2) is 13.1 Å². The first kappa shape index (κ1) is 13.1. The van der Waals surface area contributed by atoms with Crippen molar-refractivity contribution in [3.63, 3.8) is 0 Å². The molecule has 0 bridgehead atoms. The minimum atomic E-state index is -3.23. The number of hydrogen-bond donors (Lipinski definition) is 1. The summed E-state index contributed by atoms with van der Waals surface area (Å²) in [6.07, 6.45) is 2.10. The SMILES string of the molecule is CC(C)(C)NS(=O)(=O)CCc1ccccn1. The van der Waals surface area contributed by atoms with Gasteiger partial charge in [0.15, 0.2) is 0 Å². The van der Waals surface area contributed by atoms with E-state index in [-0.39, 0.29) is 5.75 Å². The van der Waals surface area contributed by atoms with Gasteiger partial charge in [-0.3, -0.25) is 4.98 Å². The van der Waals surface area contributed by atoms with Gasteiger partial charge in [0.25, 0.3) is 0 Å². The van der Waals surface area contributed by atoms with Gasteiger partial charge in [0.05, 0.1) is 5.75 Å². The molecule has 0 atom stereocenters. The monoisotopic (exact) mass is 242 g/mol. The molecule has 1 N–H and O–H groups in total. The Balaban J connectivity index is 2.56. The zero-order chi connectivity index (χ0) is 12.2. The largest absolute Gasteiger partial charge is 0.261 e. The smallest absolute Gasteiger partial charge is 0.212 e. The average Bonchev–Trinajstić information content (AvgIpc) is 2.13. The van der Waals surface area contributed by atoms with Crippen molar-refractivity contribution in [2.24, 2.45) is 0 Å². The maximum atomic E-state index is 11.7. The first-order valence-corrected chi connectivity index (χ1v) is 6.85. The standard InChI is InChI=1S/C11H18N2O2S/c1-11(2,3)13-16(14,15)9-7-10-6-4-5-8-12-10/h4-6,8,13H,7,9H2,1-3H3. The Morgan fingerprint density at radius 2 is 2.00 bits per heavy atom. The lowest BCUT2D eigenvalue weighted by Gasteiger charge is -2.20. The Bertz CT molecular complexity index is 421. The molecule has 0 spiro atoms. The number of aromatic nitrogens is 1. The van der Waals surface area contributed by atoms with Gasteiger partial charge in [-0.2, -0.15) is 0 Å². The van der Waals surface area contributed by atoms with E-state index >= 15 is 0 Å². The maximum Gasteiger partial charge on any atom is 0.212 e. The van der Waals surface area contributed by atoms with Crippen molar-refractivity contribution in [1.29, 1.82) is 0 Å². The highest BCUT2D eigenvalue weighted by molar-refractivity contribution is 7.89. The van der Waals surface area contributed by atoms with E-state index in [0.29, 0.717) is 6.42 Å². The van der Waals surface area contributed by atoms with Gasteiger partial charge >= 0.3 is 0 Å². The second kappa shape index (κ2) is 4.93. The lowest BCUT2D eigenvalue weighted by molar-refractivity contribution is 0.491. The van der Waals surface area contributed by atoms with Crippen LogP contribution in [0.5, 0.6) is 0 Å². The molecule has 0 aromatic carbocycles. The van der Waals surface area contributed by atoms with Crippen LogP contribution in [-0.4, -0.2) is 24.7 Å². The first-order valence-electron chi connectivity index (χ1n) is 5.20. The summed E-state index contributed by atoms with van der Waals surface area (Å²) in [5.74, 6) is 0.0707. The Morgan fingerprint density at radius 3 is 2.50 bits per heavy atom. The Morgan fingerprint density at radius 1 is 1.31 bits per heavy atom. The molecule has 4 nitrogen and oxygen atoms in total. The third-order valence-electron chi connectivity index (χ3n) is 1.81. The molecular weight excluding hydrogens is 224 g/mol. The van der Waals surface area contributed by atoms with Crippen LogP contribution in [0, 0.1) is 0 Å². The van der Waals surface area contributed by atoms with E-state index in [1.54, 1.807) is 6.20 Å². The molecule has 0 unspecified atom stereocenters. The molecule has 0 aliphatic carbocycles. The summed E-state index contributed by atoms with van der Waals surface area (Å²) in [5.41, 5.74) is 0.366. The van der Waals surface area contributed by atoms with Crippen LogP contribution in [0.2, 0.25) is 0 Å². The zero-order valence-electron chi connectivity index (χ0n) is 9.90. The summed E-state index contributed by atoms with van der Waals surface area (Å²) in [4.78, 5) is 4.09. The number of hydrogen-bond acceptors (Lipinski definition) is 3. The molecule has 0 saturated carbocycles. The van der Waals surface area contributed by atoms with E-state index in [1.807, 2.05) is 39.0 Å². The lowest BCUT2D eigenvalue weighted by atomic mass is 10.1. The van der Waals surface area contributed by atoms with Gasteiger partial charge in [0, 0.05) is 23.9 Å². The molecule has 90 valence electrons. The molecule has 1 aromatic heterocycles. The summed E-state index contributed by atoms with van der Waals surface area (Å²) in [6, 6.07) is 5.49. The Labute approximate surface area is 97.2 Å². The van der Waals surface area contributed by atoms with Gasteiger partial charge < -0.3 is 0 Å². The van der Waals surface area contributed by atoms with E-state index in [0.717, 1.165) is 5.69 Å². The molecule has 0 aliphatic rings. The van der Waals surface area contributed by atoms with Crippen molar-refractivity contribution in [1.82, 2.24) is 9.71 Å². The lowest BCUT2D eigenvalue weighted by Crippen LogP contribution is -2.42.